The predicted molar refractivity (Wildman–Crippen MR) is 79.8 cm³/mol. The fourth-order valence-corrected chi connectivity index (χ4v) is 2.46. The van der Waals surface area contributed by atoms with Crippen molar-refractivity contribution in [2.75, 3.05) is 20.3 Å². The van der Waals surface area contributed by atoms with E-state index < -0.39 is 0 Å². The van der Waals surface area contributed by atoms with Crippen molar-refractivity contribution in [3.05, 3.63) is 36.0 Å². The molecule has 2 aromatic rings. The van der Waals surface area contributed by atoms with Crippen molar-refractivity contribution in [1.29, 1.82) is 0 Å². The van der Waals surface area contributed by atoms with Gasteiger partial charge in [-0.05, 0) is 37.1 Å². The summed E-state index contributed by atoms with van der Waals surface area (Å²) in [7, 11) is 1.60. The zero-order chi connectivity index (χ0) is 15.4. The van der Waals surface area contributed by atoms with E-state index in [0.29, 0.717) is 17.9 Å². The van der Waals surface area contributed by atoms with Crippen molar-refractivity contribution < 1.29 is 18.8 Å². The molecule has 1 aliphatic heterocycles. The van der Waals surface area contributed by atoms with E-state index in [9.17, 15) is 4.79 Å². The van der Waals surface area contributed by atoms with Crippen LogP contribution in [-0.2, 0) is 4.74 Å². The van der Waals surface area contributed by atoms with E-state index in [1.807, 2.05) is 24.3 Å². The van der Waals surface area contributed by atoms with Gasteiger partial charge in [0.2, 0.25) is 0 Å². The summed E-state index contributed by atoms with van der Waals surface area (Å²) in [6, 6.07) is 7.28. The van der Waals surface area contributed by atoms with Crippen LogP contribution in [0.25, 0.3) is 11.3 Å². The van der Waals surface area contributed by atoms with Crippen molar-refractivity contribution in [1.82, 2.24) is 10.5 Å². The van der Waals surface area contributed by atoms with Crippen LogP contribution >= 0.6 is 0 Å². The van der Waals surface area contributed by atoms with E-state index in [1.165, 1.54) is 6.20 Å². The number of carbonyl (C=O) groups excluding carboxylic acids is 1. The second kappa shape index (κ2) is 6.62. The number of ether oxygens (including phenoxy) is 2. The van der Waals surface area contributed by atoms with Crippen LogP contribution in [-0.4, -0.2) is 37.4 Å². The molecule has 0 saturated carbocycles. The van der Waals surface area contributed by atoms with Gasteiger partial charge in [0.25, 0.3) is 5.91 Å². The van der Waals surface area contributed by atoms with Gasteiger partial charge in [-0.2, -0.15) is 0 Å². The fraction of sp³-hybridized carbons (Fsp3) is 0.375. The third-order valence-corrected chi connectivity index (χ3v) is 3.68. The van der Waals surface area contributed by atoms with Crippen LogP contribution in [0.5, 0.6) is 5.75 Å². The van der Waals surface area contributed by atoms with Gasteiger partial charge >= 0.3 is 0 Å². The molecule has 1 fully saturated rings. The Balaban J connectivity index is 1.71. The van der Waals surface area contributed by atoms with E-state index in [0.717, 1.165) is 30.8 Å². The molecule has 116 valence electrons. The van der Waals surface area contributed by atoms with Gasteiger partial charge in [0, 0.05) is 18.7 Å². The molecule has 3 rings (SSSR count). The summed E-state index contributed by atoms with van der Waals surface area (Å²) in [6.45, 7) is 1.27. The Kier molecular flexibility index (Phi) is 4.39. The Bertz CT molecular complexity index is 630. The molecule has 1 unspecified atom stereocenters. The molecular weight excluding hydrogens is 284 g/mol. The number of rotatable bonds is 5. The van der Waals surface area contributed by atoms with Crippen LogP contribution in [0.15, 0.2) is 35.0 Å². The van der Waals surface area contributed by atoms with Gasteiger partial charge in [0.1, 0.15) is 11.3 Å². The third kappa shape index (κ3) is 3.12. The maximum Gasteiger partial charge on any atom is 0.256 e. The highest BCUT2D eigenvalue weighted by Crippen LogP contribution is 2.25. The SMILES string of the molecule is COc1ccc(-c2oncc2C(=O)NCC2CCCO2)cc1. The zero-order valence-corrected chi connectivity index (χ0v) is 12.4. The van der Waals surface area contributed by atoms with Crippen LogP contribution in [0.1, 0.15) is 23.2 Å². The second-order valence-corrected chi connectivity index (χ2v) is 5.14. The monoisotopic (exact) mass is 302 g/mol. The molecule has 0 aliphatic carbocycles. The molecule has 1 saturated heterocycles. The first kappa shape index (κ1) is 14.6. The summed E-state index contributed by atoms with van der Waals surface area (Å²) >= 11 is 0. The summed E-state index contributed by atoms with van der Waals surface area (Å²) in [6.07, 6.45) is 3.57. The van der Waals surface area contributed by atoms with Gasteiger partial charge in [-0.3, -0.25) is 4.79 Å². The lowest BCUT2D eigenvalue weighted by Gasteiger charge is -2.10. The number of aromatic nitrogens is 1. The molecule has 0 bridgehead atoms. The quantitative estimate of drug-likeness (QED) is 0.917. The smallest absolute Gasteiger partial charge is 0.256 e. The number of hydrogen-bond acceptors (Lipinski definition) is 5. The number of amides is 1. The first-order valence-corrected chi connectivity index (χ1v) is 7.27. The summed E-state index contributed by atoms with van der Waals surface area (Å²) < 4.78 is 15.8. The predicted octanol–water partition coefficient (Wildman–Crippen LogP) is 2.26. The number of nitrogens with one attached hydrogen (secondary N) is 1. The van der Waals surface area contributed by atoms with E-state index in [4.69, 9.17) is 14.0 Å². The minimum Gasteiger partial charge on any atom is -0.497 e. The van der Waals surface area contributed by atoms with Crippen molar-refractivity contribution in [2.24, 2.45) is 0 Å². The maximum atomic E-state index is 12.3. The zero-order valence-electron chi connectivity index (χ0n) is 12.4. The number of carbonyl (C=O) groups is 1. The summed E-state index contributed by atoms with van der Waals surface area (Å²) in [5, 5.41) is 6.61. The van der Waals surface area contributed by atoms with Crippen molar-refractivity contribution in [3.8, 4) is 17.1 Å². The van der Waals surface area contributed by atoms with Crippen LogP contribution in [0.4, 0.5) is 0 Å². The number of hydrogen-bond donors (Lipinski definition) is 1. The molecule has 1 aromatic carbocycles. The highest BCUT2D eigenvalue weighted by Gasteiger charge is 2.20. The lowest BCUT2D eigenvalue weighted by molar-refractivity contribution is 0.0858. The molecule has 0 radical (unpaired) electrons. The first-order chi connectivity index (χ1) is 10.8. The molecule has 1 aromatic heterocycles. The van der Waals surface area contributed by atoms with Gasteiger partial charge in [-0.15, -0.1) is 0 Å². The highest BCUT2D eigenvalue weighted by molar-refractivity contribution is 5.99. The van der Waals surface area contributed by atoms with Crippen LogP contribution < -0.4 is 10.1 Å². The topological polar surface area (TPSA) is 73.6 Å². The normalized spacial score (nSPS) is 17.4. The van der Waals surface area contributed by atoms with Gasteiger partial charge < -0.3 is 19.3 Å². The summed E-state index contributed by atoms with van der Waals surface area (Å²) in [5.41, 5.74) is 1.20. The van der Waals surface area contributed by atoms with Gasteiger partial charge in [0.15, 0.2) is 5.76 Å². The minimum atomic E-state index is -0.206. The fourth-order valence-electron chi connectivity index (χ4n) is 2.46. The summed E-state index contributed by atoms with van der Waals surface area (Å²) in [4.78, 5) is 12.3. The standard InChI is InChI=1S/C16H18N2O4/c1-20-12-6-4-11(5-7-12)15-14(10-18-22-15)16(19)17-9-13-3-2-8-21-13/h4-7,10,13H,2-3,8-9H2,1H3,(H,17,19). The molecule has 1 amide bonds. The lowest BCUT2D eigenvalue weighted by Crippen LogP contribution is -2.31. The minimum absolute atomic E-state index is 0.105. The Labute approximate surface area is 128 Å². The number of nitrogens with zero attached hydrogens (tertiary/aromatic N) is 1. The van der Waals surface area contributed by atoms with Crippen molar-refractivity contribution >= 4 is 5.91 Å². The van der Waals surface area contributed by atoms with E-state index >= 15 is 0 Å². The van der Waals surface area contributed by atoms with Crippen molar-refractivity contribution in [2.45, 2.75) is 18.9 Å². The second-order valence-electron chi connectivity index (χ2n) is 5.14. The Morgan fingerprint density at radius 3 is 2.91 bits per heavy atom. The Morgan fingerprint density at radius 2 is 2.23 bits per heavy atom. The Hall–Kier alpha value is -2.34. The molecule has 1 atom stereocenters. The van der Waals surface area contributed by atoms with Crippen molar-refractivity contribution in [3.63, 3.8) is 0 Å². The van der Waals surface area contributed by atoms with E-state index in [1.54, 1.807) is 7.11 Å². The van der Waals surface area contributed by atoms with Gasteiger partial charge in [-0.25, -0.2) is 0 Å². The first-order valence-electron chi connectivity index (χ1n) is 7.27. The molecule has 1 N–H and O–H groups in total. The number of methoxy groups -OCH3 is 1. The molecule has 2 heterocycles. The Morgan fingerprint density at radius 1 is 1.41 bits per heavy atom. The molecule has 6 nitrogen and oxygen atoms in total. The van der Waals surface area contributed by atoms with Crippen LogP contribution in [0, 0.1) is 0 Å². The molecule has 1 aliphatic rings. The number of benzene rings is 1. The van der Waals surface area contributed by atoms with Gasteiger partial charge in [0.05, 0.1) is 19.4 Å². The lowest BCUT2D eigenvalue weighted by atomic mass is 10.1. The average Bonchev–Trinajstić information content (AvgIpc) is 3.24. The third-order valence-electron chi connectivity index (χ3n) is 3.68. The highest BCUT2D eigenvalue weighted by atomic mass is 16.5. The van der Waals surface area contributed by atoms with E-state index in [-0.39, 0.29) is 12.0 Å². The largest absolute Gasteiger partial charge is 0.497 e. The van der Waals surface area contributed by atoms with E-state index in [2.05, 4.69) is 10.5 Å². The van der Waals surface area contributed by atoms with Gasteiger partial charge in [-0.1, -0.05) is 5.16 Å². The van der Waals surface area contributed by atoms with Crippen LogP contribution in [0.3, 0.4) is 0 Å². The average molecular weight is 302 g/mol. The molecular formula is C16H18N2O4. The van der Waals surface area contributed by atoms with Crippen LogP contribution in [0.2, 0.25) is 0 Å². The maximum absolute atomic E-state index is 12.3. The summed E-state index contributed by atoms with van der Waals surface area (Å²) in [5.74, 6) is 0.989. The molecule has 6 heteroatoms. The molecule has 0 spiro atoms. The molecule has 22 heavy (non-hydrogen) atoms.